The van der Waals surface area contributed by atoms with Gasteiger partial charge in [-0.15, -0.1) is 0 Å². The molecule has 8 heteroatoms. The Kier molecular flexibility index (Phi) is 3.91. The molecule has 7 nitrogen and oxygen atoms in total. The molecule has 5 rings (SSSR count). The normalized spacial score (nSPS) is 16.1. The van der Waals surface area contributed by atoms with Crippen molar-refractivity contribution in [1.29, 1.82) is 0 Å². The topological polar surface area (TPSA) is 79.7 Å². The summed E-state index contributed by atoms with van der Waals surface area (Å²) in [5, 5.41) is 15.7. The average molecular weight is 393 g/mol. The van der Waals surface area contributed by atoms with Crippen molar-refractivity contribution in [3.05, 3.63) is 76.1 Å². The third-order valence-electron chi connectivity index (χ3n) is 5.32. The van der Waals surface area contributed by atoms with Gasteiger partial charge in [0.2, 0.25) is 0 Å². The van der Waals surface area contributed by atoms with Crippen LogP contribution >= 0.6 is 11.6 Å². The number of aromatic amines is 1. The van der Waals surface area contributed by atoms with E-state index >= 15 is 0 Å². The molecule has 140 valence electrons. The number of fused-ring (bicyclic) bond motifs is 2. The predicted octanol–water partition coefficient (Wildman–Crippen LogP) is 3.28. The summed E-state index contributed by atoms with van der Waals surface area (Å²) >= 11 is 6.34. The van der Waals surface area contributed by atoms with Crippen LogP contribution in [0.25, 0.3) is 11.0 Å². The van der Waals surface area contributed by atoms with E-state index in [-0.39, 0.29) is 11.9 Å². The molecule has 0 aliphatic carbocycles. The van der Waals surface area contributed by atoms with E-state index in [9.17, 15) is 4.79 Å². The van der Waals surface area contributed by atoms with E-state index in [1.165, 1.54) is 0 Å². The summed E-state index contributed by atoms with van der Waals surface area (Å²) < 4.78 is 1.77. The smallest absolute Gasteiger partial charge is 0.255 e. The molecule has 1 aliphatic heterocycles. The van der Waals surface area contributed by atoms with Crippen LogP contribution in [0.15, 0.2) is 48.7 Å². The van der Waals surface area contributed by atoms with Crippen molar-refractivity contribution in [2.24, 2.45) is 7.05 Å². The summed E-state index contributed by atoms with van der Waals surface area (Å²) in [4.78, 5) is 15.1. The maximum atomic E-state index is 13.2. The SMILES string of the molecule is Cn1ncc(Cl)c1C[C@H]1c2ccccc2C(=O)N1Cc1ccc2n[nH]nc2c1. The van der Waals surface area contributed by atoms with Gasteiger partial charge in [0.15, 0.2) is 0 Å². The molecule has 0 spiro atoms. The lowest BCUT2D eigenvalue weighted by molar-refractivity contribution is 0.0708. The molecule has 1 aliphatic rings. The molecule has 0 saturated heterocycles. The van der Waals surface area contributed by atoms with Crippen LogP contribution in [0, 0.1) is 0 Å². The Morgan fingerprint density at radius 3 is 2.79 bits per heavy atom. The number of amides is 1. The van der Waals surface area contributed by atoms with E-state index < -0.39 is 0 Å². The molecular weight excluding hydrogens is 376 g/mol. The summed E-state index contributed by atoms with van der Waals surface area (Å²) in [6.07, 6.45) is 2.24. The van der Waals surface area contributed by atoms with Crippen LogP contribution in [0.2, 0.25) is 5.02 Å². The minimum Gasteiger partial charge on any atom is -0.327 e. The van der Waals surface area contributed by atoms with Gasteiger partial charge >= 0.3 is 0 Å². The van der Waals surface area contributed by atoms with Crippen LogP contribution in [0.1, 0.15) is 33.2 Å². The van der Waals surface area contributed by atoms with Crippen LogP contribution in [0.5, 0.6) is 0 Å². The van der Waals surface area contributed by atoms with Gasteiger partial charge in [-0.3, -0.25) is 9.48 Å². The van der Waals surface area contributed by atoms with Gasteiger partial charge in [0.25, 0.3) is 5.91 Å². The maximum absolute atomic E-state index is 13.2. The molecule has 0 unspecified atom stereocenters. The molecule has 3 heterocycles. The van der Waals surface area contributed by atoms with Crippen molar-refractivity contribution in [1.82, 2.24) is 30.1 Å². The van der Waals surface area contributed by atoms with E-state index in [0.29, 0.717) is 18.0 Å². The largest absolute Gasteiger partial charge is 0.327 e. The highest BCUT2D eigenvalue weighted by Crippen LogP contribution is 2.38. The molecule has 0 bridgehead atoms. The van der Waals surface area contributed by atoms with Crippen molar-refractivity contribution in [3.8, 4) is 0 Å². The number of benzene rings is 2. The van der Waals surface area contributed by atoms with Crippen molar-refractivity contribution in [2.75, 3.05) is 0 Å². The third kappa shape index (κ3) is 2.66. The van der Waals surface area contributed by atoms with E-state index in [0.717, 1.165) is 33.4 Å². The maximum Gasteiger partial charge on any atom is 0.255 e. The third-order valence-corrected chi connectivity index (χ3v) is 5.63. The molecular formula is C20H17ClN6O. The van der Waals surface area contributed by atoms with Crippen molar-refractivity contribution in [3.63, 3.8) is 0 Å². The van der Waals surface area contributed by atoms with E-state index in [1.54, 1.807) is 10.9 Å². The number of nitrogens with one attached hydrogen (secondary N) is 1. The number of hydrogen-bond acceptors (Lipinski definition) is 4. The van der Waals surface area contributed by atoms with Crippen LogP contribution in [0.3, 0.4) is 0 Å². The van der Waals surface area contributed by atoms with Gasteiger partial charge in [-0.2, -0.15) is 20.5 Å². The van der Waals surface area contributed by atoms with Crippen LogP contribution in [-0.4, -0.2) is 36.0 Å². The fourth-order valence-electron chi connectivity index (χ4n) is 3.88. The number of aromatic nitrogens is 5. The highest BCUT2D eigenvalue weighted by molar-refractivity contribution is 6.31. The van der Waals surface area contributed by atoms with Crippen molar-refractivity contribution >= 4 is 28.5 Å². The second-order valence-corrected chi connectivity index (χ2v) is 7.36. The van der Waals surface area contributed by atoms with E-state index in [1.807, 2.05) is 54.4 Å². The van der Waals surface area contributed by atoms with E-state index in [2.05, 4.69) is 20.5 Å². The summed E-state index contributed by atoms with van der Waals surface area (Å²) in [6.45, 7) is 0.483. The zero-order valence-corrected chi connectivity index (χ0v) is 15.9. The first kappa shape index (κ1) is 16.9. The van der Waals surface area contributed by atoms with Gasteiger partial charge in [-0.25, -0.2) is 0 Å². The Hall–Kier alpha value is -3.19. The fourth-order valence-corrected chi connectivity index (χ4v) is 4.12. The standard InChI is InChI=1S/C20H17ClN6O/c1-26-19(15(21)10-22-26)9-18-13-4-2-3-5-14(13)20(28)27(18)11-12-6-7-16-17(8-12)24-25-23-16/h2-8,10,18H,9,11H2,1H3,(H,23,24,25)/t18-/m0/s1. The van der Waals surface area contributed by atoms with E-state index in [4.69, 9.17) is 11.6 Å². The minimum atomic E-state index is -0.107. The average Bonchev–Trinajstić information content (AvgIpc) is 3.37. The molecule has 0 radical (unpaired) electrons. The quantitative estimate of drug-likeness (QED) is 0.578. The summed E-state index contributed by atoms with van der Waals surface area (Å²) in [7, 11) is 1.87. The van der Waals surface area contributed by atoms with Gasteiger partial charge < -0.3 is 4.90 Å². The van der Waals surface area contributed by atoms with Crippen molar-refractivity contribution < 1.29 is 4.79 Å². The zero-order valence-electron chi connectivity index (χ0n) is 15.1. The number of H-pyrrole nitrogens is 1. The molecule has 4 aromatic rings. The molecule has 28 heavy (non-hydrogen) atoms. The predicted molar refractivity (Wildman–Crippen MR) is 105 cm³/mol. The Morgan fingerprint density at radius 1 is 1.14 bits per heavy atom. The minimum absolute atomic E-state index is 0.0270. The first-order chi connectivity index (χ1) is 13.6. The number of hydrogen-bond donors (Lipinski definition) is 1. The number of halogens is 1. The number of aryl methyl sites for hydroxylation is 1. The van der Waals surface area contributed by atoms with Gasteiger partial charge in [-0.1, -0.05) is 35.9 Å². The molecule has 1 atom stereocenters. The first-order valence-corrected chi connectivity index (χ1v) is 9.35. The summed E-state index contributed by atoms with van der Waals surface area (Å²) in [5.74, 6) is 0.0270. The highest BCUT2D eigenvalue weighted by Gasteiger charge is 2.37. The number of rotatable bonds is 4. The highest BCUT2D eigenvalue weighted by atomic mass is 35.5. The second kappa shape index (κ2) is 6.45. The Balaban J connectivity index is 1.53. The fraction of sp³-hybridized carbons (Fsp3) is 0.200. The molecule has 1 amide bonds. The summed E-state index contributed by atoms with van der Waals surface area (Å²) in [6, 6.07) is 13.5. The Bertz CT molecular complexity index is 1180. The molecule has 1 N–H and O–H groups in total. The molecule has 0 saturated carbocycles. The van der Waals surface area contributed by atoms with Gasteiger partial charge in [-0.05, 0) is 29.3 Å². The number of carbonyl (C=O) groups is 1. The van der Waals surface area contributed by atoms with Crippen LogP contribution in [-0.2, 0) is 20.0 Å². The van der Waals surface area contributed by atoms with Crippen LogP contribution in [0.4, 0.5) is 0 Å². The Labute approximate surface area is 165 Å². The van der Waals surface area contributed by atoms with Crippen LogP contribution < -0.4 is 0 Å². The number of nitrogens with zero attached hydrogens (tertiary/aromatic N) is 5. The number of carbonyl (C=O) groups excluding carboxylic acids is 1. The van der Waals surface area contributed by atoms with Gasteiger partial charge in [0.05, 0.1) is 23.0 Å². The van der Waals surface area contributed by atoms with Crippen molar-refractivity contribution in [2.45, 2.75) is 19.0 Å². The lowest BCUT2D eigenvalue weighted by atomic mass is 10.0. The Morgan fingerprint density at radius 2 is 1.96 bits per heavy atom. The lowest BCUT2D eigenvalue weighted by Crippen LogP contribution is -2.29. The monoisotopic (exact) mass is 392 g/mol. The molecule has 0 fully saturated rings. The lowest BCUT2D eigenvalue weighted by Gasteiger charge is -2.26. The first-order valence-electron chi connectivity index (χ1n) is 8.97. The molecule has 2 aromatic heterocycles. The summed E-state index contributed by atoms with van der Waals surface area (Å²) in [5.41, 5.74) is 5.27. The molecule has 2 aromatic carbocycles. The van der Waals surface area contributed by atoms with Gasteiger partial charge in [0, 0.05) is 25.6 Å². The zero-order chi connectivity index (χ0) is 19.3. The van der Waals surface area contributed by atoms with Gasteiger partial charge in [0.1, 0.15) is 11.0 Å². The second-order valence-electron chi connectivity index (χ2n) is 6.95.